The predicted molar refractivity (Wildman–Crippen MR) is 109 cm³/mol. The molecule has 0 aromatic heterocycles. The quantitative estimate of drug-likeness (QED) is 0.666. The van der Waals surface area contributed by atoms with Crippen molar-refractivity contribution in [3.63, 3.8) is 0 Å². The minimum absolute atomic E-state index is 0.0907. The number of morpholine rings is 1. The summed E-state index contributed by atoms with van der Waals surface area (Å²) in [5.41, 5.74) is 2.15. The summed E-state index contributed by atoms with van der Waals surface area (Å²) in [5, 5.41) is 2.85. The third kappa shape index (κ3) is 6.35. The van der Waals surface area contributed by atoms with Gasteiger partial charge in [0, 0.05) is 25.2 Å². The molecule has 156 valence electrons. The Morgan fingerprint density at radius 3 is 2.28 bits per heavy atom. The Morgan fingerprint density at radius 1 is 1.00 bits per heavy atom. The molecule has 1 heterocycles. The number of halogens is 1. The summed E-state index contributed by atoms with van der Waals surface area (Å²) < 4.78 is 44.4. The van der Waals surface area contributed by atoms with E-state index in [-0.39, 0.29) is 17.5 Å². The normalized spacial score (nSPS) is 15.2. The van der Waals surface area contributed by atoms with Gasteiger partial charge in [-0.05, 0) is 48.2 Å². The summed E-state index contributed by atoms with van der Waals surface area (Å²) in [6, 6.07) is 12.9. The molecule has 2 aromatic carbocycles. The summed E-state index contributed by atoms with van der Waals surface area (Å²) in [6.07, 6.45) is 1.49. The van der Waals surface area contributed by atoms with Crippen LogP contribution in [0.3, 0.4) is 0 Å². The van der Waals surface area contributed by atoms with Crippen LogP contribution >= 0.6 is 0 Å². The lowest BCUT2D eigenvalue weighted by Crippen LogP contribution is -2.41. The average Bonchev–Trinajstić information content (AvgIpc) is 2.73. The molecule has 0 bridgehead atoms. The van der Waals surface area contributed by atoms with Gasteiger partial charge in [0.05, 0.1) is 19.0 Å². The molecular formula is C21H25FN2O4S. The van der Waals surface area contributed by atoms with E-state index in [2.05, 4.69) is 5.32 Å². The van der Waals surface area contributed by atoms with Crippen LogP contribution in [-0.4, -0.2) is 51.5 Å². The number of sulfonamides is 1. The highest BCUT2D eigenvalue weighted by Crippen LogP contribution is 2.14. The Balaban J connectivity index is 1.46. The van der Waals surface area contributed by atoms with Gasteiger partial charge in [0.25, 0.3) is 5.91 Å². The molecule has 0 saturated carbocycles. The molecule has 0 atom stereocenters. The highest BCUT2D eigenvalue weighted by atomic mass is 32.2. The van der Waals surface area contributed by atoms with Crippen molar-refractivity contribution in [1.29, 1.82) is 0 Å². The Labute approximate surface area is 170 Å². The lowest BCUT2D eigenvalue weighted by Gasteiger charge is -2.26. The first-order valence-electron chi connectivity index (χ1n) is 9.61. The zero-order valence-corrected chi connectivity index (χ0v) is 17.0. The summed E-state index contributed by atoms with van der Waals surface area (Å²) in [6.45, 7) is 2.09. The van der Waals surface area contributed by atoms with Crippen molar-refractivity contribution in [2.75, 3.05) is 32.8 Å². The minimum Gasteiger partial charge on any atom is -0.379 e. The zero-order valence-electron chi connectivity index (χ0n) is 16.1. The number of carbonyl (C=O) groups excluding carboxylic acids is 1. The third-order valence-corrected chi connectivity index (χ3v) is 6.62. The highest BCUT2D eigenvalue weighted by molar-refractivity contribution is 7.88. The molecule has 0 radical (unpaired) electrons. The fourth-order valence-electron chi connectivity index (χ4n) is 3.13. The molecule has 29 heavy (non-hydrogen) atoms. The van der Waals surface area contributed by atoms with E-state index in [1.54, 1.807) is 36.4 Å². The maximum absolute atomic E-state index is 12.9. The smallest absolute Gasteiger partial charge is 0.251 e. The van der Waals surface area contributed by atoms with Crippen LogP contribution in [-0.2, 0) is 26.9 Å². The van der Waals surface area contributed by atoms with Gasteiger partial charge in [-0.2, -0.15) is 4.31 Å². The van der Waals surface area contributed by atoms with E-state index in [4.69, 9.17) is 4.74 Å². The Hall–Kier alpha value is -2.29. The lowest BCUT2D eigenvalue weighted by atomic mass is 10.1. The first kappa shape index (κ1) is 21.4. The van der Waals surface area contributed by atoms with Gasteiger partial charge in [-0.15, -0.1) is 0 Å². The summed E-state index contributed by atoms with van der Waals surface area (Å²) >= 11 is 0. The zero-order chi connectivity index (χ0) is 20.7. The molecule has 1 aliphatic rings. The molecule has 0 spiro atoms. The number of carbonyl (C=O) groups is 1. The van der Waals surface area contributed by atoms with Crippen molar-refractivity contribution < 1.29 is 22.3 Å². The van der Waals surface area contributed by atoms with Gasteiger partial charge in [-0.1, -0.05) is 24.3 Å². The third-order valence-electron chi connectivity index (χ3n) is 4.77. The van der Waals surface area contributed by atoms with Crippen LogP contribution < -0.4 is 5.32 Å². The van der Waals surface area contributed by atoms with Crippen LogP contribution in [0.25, 0.3) is 0 Å². The largest absolute Gasteiger partial charge is 0.379 e. The number of rotatable bonds is 8. The van der Waals surface area contributed by atoms with Crippen LogP contribution in [0.1, 0.15) is 27.9 Å². The first-order valence-corrected chi connectivity index (χ1v) is 11.2. The number of amides is 1. The molecule has 1 aliphatic heterocycles. The average molecular weight is 421 g/mol. The monoisotopic (exact) mass is 420 g/mol. The van der Waals surface area contributed by atoms with Crippen molar-refractivity contribution in [2.45, 2.75) is 18.6 Å². The molecule has 6 nitrogen and oxygen atoms in total. The maximum atomic E-state index is 12.9. The minimum atomic E-state index is -3.39. The number of hydrogen-bond donors (Lipinski definition) is 1. The van der Waals surface area contributed by atoms with Crippen molar-refractivity contribution in [3.8, 4) is 0 Å². The number of benzene rings is 2. The van der Waals surface area contributed by atoms with Gasteiger partial charge in [-0.25, -0.2) is 12.8 Å². The molecular weight excluding hydrogens is 395 g/mol. The van der Waals surface area contributed by atoms with Gasteiger partial charge < -0.3 is 10.1 Å². The first-order chi connectivity index (χ1) is 13.9. The van der Waals surface area contributed by atoms with Crippen LogP contribution in [0, 0.1) is 5.82 Å². The van der Waals surface area contributed by atoms with Crippen molar-refractivity contribution >= 4 is 15.9 Å². The van der Waals surface area contributed by atoms with Gasteiger partial charge in [0.15, 0.2) is 0 Å². The van der Waals surface area contributed by atoms with Crippen LogP contribution in [0.4, 0.5) is 4.39 Å². The molecule has 2 aromatic rings. The second kappa shape index (κ2) is 9.96. The molecule has 1 fully saturated rings. The van der Waals surface area contributed by atoms with Crippen LogP contribution in [0.15, 0.2) is 48.5 Å². The van der Waals surface area contributed by atoms with Gasteiger partial charge in [0.2, 0.25) is 10.0 Å². The molecule has 0 aliphatic carbocycles. The maximum Gasteiger partial charge on any atom is 0.251 e. The SMILES string of the molecule is O=C(NCCCc1ccc(F)cc1)c1ccc(CS(=O)(=O)N2CCOCC2)cc1. The molecule has 1 saturated heterocycles. The van der Waals surface area contributed by atoms with Crippen LogP contribution in [0.5, 0.6) is 0 Å². The van der Waals surface area contributed by atoms with E-state index in [1.807, 2.05) is 0 Å². The molecule has 0 unspecified atom stereocenters. The second-order valence-corrected chi connectivity index (χ2v) is 8.92. The van der Waals surface area contributed by atoms with Gasteiger partial charge in [-0.3, -0.25) is 4.79 Å². The Morgan fingerprint density at radius 2 is 1.62 bits per heavy atom. The Kier molecular flexibility index (Phi) is 7.35. The number of nitrogens with zero attached hydrogens (tertiary/aromatic N) is 1. The molecule has 3 rings (SSSR count). The van der Waals surface area contributed by atoms with Crippen molar-refractivity contribution in [2.24, 2.45) is 0 Å². The van der Waals surface area contributed by atoms with Gasteiger partial charge >= 0.3 is 0 Å². The summed E-state index contributed by atoms with van der Waals surface area (Å²) in [5.74, 6) is -0.554. The van der Waals surface area contributed by atoms with Crippen LogP contribution in [0.2, 0.25) is 0 Å². The number of aryl methyl sites for hydroxylation is 1. The summed E-state index contributed by atoms with van der Waals surface area (Å²) in [4.78, 5) is 12.2. The second-order valence-electron chi connectivity index (χ2n) is 6.95. The van der Waals surface area contributed by atoms with E-state index < -0.39 is 10.0 Å². The van der Waals surface area contributed by atoms with Gasteiger partial charge in [0.1, 0.15) is 5.82 Å². The van der Waals surface area contributed by atoms with E-state index in [9.17, 15) is 17.6 Å². The molecule has 1 amide bonds. The number of hydrogen-bond acceptors (Lipinski definition) is 4. The van der Waals surface area contributed by atoms with E-state index in [0.717, 1.165) is 18.4 Å². The van der Waals surface area contributed by atoms with E-state index >= 15 is 0 Å². The molecule has 1 N–H and O–H groups in total. The van der Waals surface area contributed by atoms with Crippen molar-refractivity contribution in [3.05, 3.63) is 71.0 Å². The molecule has 8 heteroatoms. The fraction of sp³-hybridized carbons (Fsp3) is 0.381. The topological polar surface area (TPSA) is 75.7 Å². The Bertz CT molecular complexity index is 909. The number of nitrogens with one attached hydrogen (secondary N) is 1. The summed E-state index contributed by atoms with van der Waals surface area (Å²) in [7, 11) is -3.39. The predicted octanol–water partition coefficient (Wildman–Crippen LogP) is 2.35. The van der Waals surface area contributed by atoms with E-state index in [0.29, 0.717) is 44.0 Å². The fourth-order valence-corrected chi connectivity index (χ4v) is 4.63. The number of ether oxygens (including phenoxy) is 1. The van der Waals surface area contributed by atoms with E-state index in [1.165, 1.54) is 16.4 Å². The lowest BCUT2D eigenvalue weighted by molar-refractivity contribution is 0.0729. The highest BCUT2D eigenvalue weighted by Gasteiger charge is 2.24. The van der Waals surface area contributed by atoms with Crippen molar-refractivity contribution in [1.82, 2.24) is 9.62 Å². The standard InChI is InChI=1S/C21H25FN2O4S/c22-20-9-5-17(6-10-20)2-1-11-23-21(25)19-7-3-18(4-8-19)16-29(26,27)24-12-14-28-15-13-24/h3-10H,1-2,11-16H2,(H,23,25).